The lowest BCUT2D eigenvalue weighted by Gasteiger charge is -2.28. The van der Waals surface area contributed by atoms with Gasteiger partial charge in [0, 0.05) is 22.7 Å². The molecule has 0 radical (unpaired) electrons. The fourth-order valence-electron chi connectivity index (χ4n) is 2.94. The smallest absolute Gasteiger partial charge is 0.255 e. The van der Waals surface area contributed by atoms with E-state index in [2.05, 4.69) is 10.3 Å². The number of aryl methyl sites for hydroxylation is 1. The molecule has 0 aliphatic carbocycles. The molecule has 0 saturated carbocycles. The standard InChI is InChI=1S/C21H23N3O2S/c1-4-14(2)24(13-19(25)23-21-22-12-15(3)27-21)20(26)18-11-7-9-16-8-5-6-10-17(16)18/h5-12,14H,4,13H2,1-3H3,(H,22,23,25). The number of carbonyl (C=O) groups excluding carboxylic acids is 2. The van der Waals surface area contributed by atoms with Crippen molar-refractivity contribution in [3.05, 3.63) is 59.1 Å². The molecule has 0 spiro atoms. The lowest BCUT2D eigenvalue weighted by Crippen LogP contribution is -2.43. The first-order chi connectivity index (χ1) is 13.0. The van der Waals surface area contributed by atoms with Crippen LogP contribution in [-0.4, -0.2) is 34.3 Å². The van der Waals surface area contributed by atoms with Crippen molar-refractivity contribution in [3.63, 3.8) is 0 Å². The highest BCUT2D eigenvalue weighted by atomic mass is 32.1. The molecular weight excluding hydrogens is 358 g/mol. The number of aromatic nitrogens is 1. The molecule has 3 aromatic rings. The van der Waals surface area contributed by atoms with Crippen molar-refractivity contribution in [1.82, 2.24) is 9.88 Å². The van der Waals surface area contributed by atoms with Crippen molar-refractivity contribution in [2.24, 2.45) is 0 Å². The van der Waals surface area contributed by atoms with E-state index in [1.54, 1.807) is 11.1 Å². The van der Waals surface area contributed by atoms with Gasteiger partial charge in [0.05, 0.1) is 0 Å². The molecule has 0 bridgehead atoms. The van der Waals surface area contributed by atoms with Gasteiger partial charge in [-0.25, -0.2) is 4.98 Å². The predicted molar refractivity (Wildman–Crippen MR) is 110 cm³/mol. The Labute approximate surface area is 163 Å². The molecule has 1 atom stereocenters. The Hall–Kier alpha value is -2.73. The molecule has 0 saturated heterocycles. The molecular formula is C21H23N3O2S. The average Bonchev–Trinajstić information content (AvgIpc) is 3.09. The van der Waals surface area contributed by atoms with Crippen LogP contribution in [0.3, 0.4) is 0 Å². The van der Waals surface area contributed by atoms with E-state index in [9.17, 15) is 9.59 Å². The highest BCUT2D eigenvalue weighted by Crippen LogP contribution is 2.22. The summed E-state index contributed by atoms with van der Waals surface area (Å²) in [6.07, 6.45) is 2.48. The molecule has 2 aromatic carbocycles. The minimum atomic E-state index is -0.238. The molecule has 3 rings (SSSR count). The minimum Gasteiger partial charge on any atom is -0.327 e. The van der Waals surface area contributed by atoms with Crippen molar-refractivity contribution in [2.75, 3.05) is 11.9 Å². The van der Waals surface area contributed by atoms with Crippen molar-refractivity contribution in [1.29, 1.82) is 0 Å². The van der Waals surface area contributed by atoms with E-state index in [4.69, 9.17) is 0 Å². The molecule has 1 aromatic heterocycles. The number of hydrogen-bond acceptors (Lipinski definition) is 4. The van der Waals surface area contributed by atoms with Crippen LogP contribution in [0.2, 0.25) is 0 Å². The van der Waals surface area contributed by atoms with Gasteiger partial charge >= 0.3 is 0 Å². The van der Waals surface area contributed by atoms with E-state index >= 15 is 0 Å². The summed E-state index contributed by atoms with van der Waals surface area (Å²) >= 11 is 1.42. The van der Waals surface area contributed by atoms with Gasteiger partial charge in [-0.1, -0.05) is 43.3 Å². The summed E-state index contributed by atoms with van der Waals surface area (Å²) < 4.78 is 0. The van der Waals surface area contributed by atoms with Gasteiger partial charge in [0.25, 0.3) is 5.91 Å². The molecule has 1 N–H and O–H groups in total. The summed E-state index contributed by atoms with van der Waals surface area (Å²) in [5.74, 6) is -0.371. The van der Waals surface area contributed by atoms with E-state index in [1.165, 1.54) is 11.3 Å². The topological polar surface area (TPSA) is 62.3 Å². The van der Waals surface area contributed by atoms with Gasteiger partial charge in [0.15, 0.2) is 5.13 Å². The number of rotatable bonds is 6. The zero-order valence-electron chi connectivity index (χ0n) is 15.7. The Morgan fingerprint density at radius 1 is 1.19 bits per heavy atom. The van der Waals surface area contributed by atoms with Crippen LogP contribution in [0.4, 0.5) is 5.13 Å². The molecule has 27 heavy (non-hydrogen) atoms. The zero-order valence-corrected chi connectivity index (χ0v) is 16.5. The molecule has 1 heterocycles. The first-order valence-corrected chi connectivity index (χ1v) is 9.82. The summed E-state index contributed by atoms with van der Waals surface area (Å²) in [6.45, 7) is 5.90. The number of nitrogens with one attached hydrogen (secondary N) is 1. The second-order valence-corrected chi connectivity index (χ2v) is 7.78. The highest BCUT2D eigenvalue weighted by molar-refractivity contribution is 7.15. The maximum absolute atomic E-state index is 13.3. The van der Waals surface area contributed by atoms with Gasteiger partial charge in [-0.3, -0.25) is 9.59 Å². The first kappa shape index (κ1) is 19.0. The molecule has 1 unspecified atom stereocenters. The van der Waals surface area contributed by atoms with E-state index in [0.29, 0.717) is 10.7 Å². The van der Waals surface area contributed by atoms with Gasteiger partial charge < -0.3 is 10.2 Å². The molecule has 140 valence electrons. The van der Waals surface area contributed by atoms with Gasteiger partial charge in [-0.15, -0.1) is 11.3 Å². The number of amides is 2. The maximum atomic E-state index is 13.3. The molecule has 0 aliphatic rings. The fourth-order valence-corrected chi connectivity index (χ4v) is 3.62. The molecule has 0 aliphatic heterocycles. The quantitative estimate of drug-likeness (QED) is 0.684. The number of fused-ring (bicyclic) bond motifs is 1. The second-order valence-electron chi connectivity index (χ2n) is 6.54. The SMILES string of the molecule is CCC(C)N(CC(=O)Nc1ncc(C)s1)C(=O)c1cccc2ccccc12. The van der Waals surface area contributed by atoms with Gasteiger partial charge in [-0.2, -0.15) is 0 Å². The van der Waals surface area contributed by atoms with Crippen molar-refractivity contribution in [2.45, 2.75) is 33.2 Å². The fraction of sp³-hybridized carbons (Fsp3) is 0.286. The average molecular weight is 382 g/mol. The minimum absolute atomic E-state index is 0.00428. The number of benzene rings is 2. The van der Waals surface area contributed by atoms with Crippen LogP contribution in [0, 0.1) is 6.92 Å². The molecule has 2 amide bonds. The Balaban J connectivity index is 1.85. The van der Waals surface area contributed by atoms with Crippen molar-refractivity contribution < 1.29 is 9.59 Å². The van der Waals surface area contributed by atoms with E-state index in [-0.39, 0.29) is 24.4 Å². The van der Waals surface area contributed by atoms with Crippen LogP contribution in [-0.2, 0) is 4.79 Å². The maximum Gasteiger partial charge on any atom is 0.255 e. The molecule has 5 nitrogen and oxygen atoms in total. The van der Waals surface area contributed by atoms with Crippen molar-refractivity contribution >= 4 is 39.1 Å². The number of hydrogen-bond donors (Lipinski definition) is 1. The highest BCUT2D eigenvalue weighted by Gasteiger charge is 2.24. The molecule has 0 fully saturated rings. The summed E-state index contributed by atoms with van der Waals surface area (Å²) in [5.41, 5.74) is 0.617. The predicted octanol–water partition coefficient (Wildman–Crippen LogP) is 4.48. The Morgan fingerprint density at radius 2 is 1.93 bits per heavy atom. The van der Waals surface area contributed by atoms with Gasteiger partial charge in [0.1, 0.15) is 6.54 Å². The van der Waals surface area contributed by atoms with E-state index in [0.717, 1.165) is 22.1 Å². The zero-order chi connectivity index (χ0) is 19.4. The van der Waals surface area contributed by atoms with Gasteiger partial charge in [-0.05, 0) is 37.1 Å². The van der Waals surface area contributed by atoms with Crippen LogP contribution < -0.4 is 5.32 Å². The largest absolute Gasteiger partial charge is 0.327 e. The summed E-state index contributed by atoms with van der Waals surface area (Å²) in [5, 5.41) is 5.25. The monoisotopic (exact) mass is 381 g/mol. The number of anilines is 1. The third-order valence-electron chi connectivity index (χ3n) is 4.59. The van der Waals surface area contributed by atoms with E-state index < -0.39 is 0 Å². The van der Waals surface area contributed by atoms with Gasteiger partial charge in [0.2, 0.25) is 5.91 Å². The van der Waals surface area contributed by atoms with Crippen molar-refractivity contribution in [3.8, 4) is 0 Å². The summed E-state index contributed by atoms with van der Waals surface area (Å²) in [4.78, 5) is 32.6. The molecule has 6 heteroatoms. The number of nitrogens with zero attached hydrogens (tertiary/aromatic N) is 2. The van der Waals surface area contributed by atoms with Crippen LogP contribution >= 0.6 is 11.3 Å². The van der Waals surface area contributed by atoms with Crippen LogP contribution in [0.25, 0.3) is 10.8 Å². The number of carbonyl (C=O) groups is 2. The van der Waals surface area contributed by atoms with E-state index in [1.807, 2.05) is 63.2 Å². The summed E-state index contributed by atoms with van der Waals surface area (Å²) in [7, 11) is 0. The first-order valence-electron chi connectivity index (χ1n) is 9.00. The van der Waals surface area contributed by atoms with Crippen LogP contribution in [0.15, 0.2) is 48.7 Å². The Kier molecular flexibility index (Phi) is 5.86. The lowest BCUT2D eigenvalue weighted by molar-refractivity contribution is -0.117. The second kappa shape index (κ2) is 8.31. The van der Waals surface area contributed by atoms with Crippen LogP contribution in [0.5, 0.6) is 0 Å². The third kappa shape index (κ3) is 4.34. The number of thiazole rings is 1. The third-order valence-corrected chi connectivity index (χ3v) is 5.41. The Bertz CT molecular complexity index is 961. The normalized spacial score (nSPS) is 12.0. The summed E-state index contributed by atoms with van der Waals surface area (Å²) in [6, 6.07) is 13.4. The Morgan fingerprint density at radius 3 is 2.63 bits per heavy atom. The lowest BCUT2D eigenvalue weighted by atomic mass is 10.0. The van der Waals surface area contributed by atoms with Crippen LogP contribution in [0.1, 0.15) is 35.5 Å².